The van der Waals surface area contributed by atoms with Gasteiger partial charge in [-0.3, -0.25) is 0 Å². The van der Waals surface area contributed by atoms with Crippen LogP contribution in [0.3, 0.4) is 0 Å². The van der Waals surface area contributed by atoms with Crippen LogP contribution in [0.4, 0.5) is 0 Å². The molecule has 0 unspecified atom stereocenters. The van der Waals surface area contributed by atoms with Gasteiger partial charge >= 0.3 is 0 Å². The molecular formula is C32H48O2. The number of hydrogen-bond donors (Lipinski definition) is 2. The number of hydrogen-bond acceptors (Lipinski definition) is 2. The van der Waals surface area contributed by atoms with Crippen LogP contribution < -0.4 is 0 Å². The Kier molecular flexibility index (Phi) is 7.25. The zero-order valence-corrected chi connectivity index (χ0v) is 23.4. The van der Waals surface area contributed by atoms with Crippen LogP contribution in [-0.2, 0) is 16.2 Å². The fourth-order valence-corrected chi connectivity index (χ4v) is 6.03. The highest BCUT2D eigenvalue weighted by Gasteiger charge is 2.41. The molecule has 1 aliphatic carbocycles. The van der Waals surface area contributed by atoms with Gasteiger partial charge in [0.1, 0.15) is 11.5 Å². The van der Waals surface area contributed by atoms with Crippen LogP contribution in [0.5, 0.6) is 11.5 Å². The predicted octanol–water partition coefficient (Wildman–Crippen LogP) is 9.19. The molecule has 1 fully saturated rings. The lowest BCUT2D eigenvalue weighted by Crippen LogP contribution is -2.34. The average molecular weight is 465 g/mol. The summed E-state index contributed by atoms with van der Waals surface area (Å²) in [5.74, 6) is 1.46. The van der Waals surface area contributed by atoms with E-state index in [0.717, 1.165) is 24.0 Å². The van der Waals surface area contributed by atoms with Crippen molar-refractivity contribution in [3.63, 3.8) is 0 Å². The Morgan fingerprint density at radius 3 is 1.26 bits per heavy atom. The summed E-state index contributed by atoms with van der Waals surface area (Å²) in [6.45, 7) is 22.1. The minimum atomic E-state index is -0.142. The zero-order chi connectivity index (χ0) is 25.6. The van der Waals surface area contributed by atoms with Crippen LogP contribution in [0.25, 0.3) is 0 Å². The molecular weight excluding hydrogens is 416 g/mol. The van der Waals surface area contributed by atoms with Gasteiger partial charge in [0.15, 0.2) is 0 Å². The molecule has 188 valence electrons. The molecule has 0 amide bonds. The van der Waals surface area contributed by atoms with E-state index in [-0.39, 0.29) is 16.2 Å². The molecule has 34 heavy (non-hydrogen) atoms. The van der Waals surface area contributed by atoms with Crippen LogP contribution in [0, 0.1) is 0 Å². The van der Waals surface area contributed by atoms with E-state index in [1.54, 1.807) is 0 Å². The molecule has 0 radical (unpaired) electrons. The second kappa shape index (κ2) is 9.25. The first kappa shape index (κ1) is 26.6. The SMILES string of the molecule is CC(C)c1cc(O)c(C(C)(C)C)cc1C1(c2cc(C(C)(C)C)c(O)cc2C(C)C)CCCCC1. The lowest BCUT2D eigenvalue weighted by Gasteiger charge is -2.43. The van der Waals surface area contributed by atoms with Gasteiger partial charge in [0.05, 0.1) is 0 Å². The molecule has 1 aliphatic rings. The Morgan fingerprint density at radius 2 is 0.971 bits per heavy atom. The Morgan fingerprint density at radius 1 is 0.618 bits per heavy atom. The van der Waals surface area contributed by atoms with E-state index >= 15 is 0 Å². The maximum absolute atomic E-state index is 11.1. The van der Waals surface area contributed by atoms with Crippen molar-refractivity contribution in [2.75, 3.05) is 0 Å². The average Bonchev–Trinajstić information content (AvgIpc) is 2.71. The number of aromatic hydroxyl groups is 2. The predicted molar refractivity (Wildman–Crippen MR) is 146 cm³/mol. The standard InChI is InChI=1S/C32H48O2/c1-20(2)22-16-28(33)26(30(5,6)7)18-24(22)32(14-12-11-13-15-32)25-19-27(31(8,9)10)29(34)17-23(25)21(3)4/h16-21,33-34H,11-15H2,1-10H3. The van der Waals surface area contributed by atoms with E-state index in [1.807, 2.05) is 0 Å². The van der Waals surface area contributed by atoms with Crippen molar-refractivity contribution in [1.82, 2.24) is 0 Å². The topological polar surface area (TPSA) is 40.5 Å². The summed E-state index contributed by atoms with van der Waals surface area (Å²) in [4.78, 5) is 0. The first-order valence-electron chi connectivity index (χ1n) is 13.4. The third kappa shape index (κ3) is 4.88. The summed E-state index contributed by atoms with van der Waals surface area (Å²) < 4.78 is 0. The lowest BCUT2D eigenvalue weighted by atomic mass is 9.60. The Balaban J connectivity index is 2.47. The van der Waals surface area contributed by atoms with Crippen molar-refractivity contribution in [2.24, 2.45) is 0 Å². The van der Waals surface area contributed by atoms with E-state index in [0.29, 0.717) is 23.3 Å². The molecule has 0 aliphatic heterocycles. The molecule has 1 saturated carbocycles. The molecule has 0 saturated heterocycles. The van der Waals surface area contributed by atoms with Crippen molar-refractivity contribution in [1.29, 1.82) is 0 Å². The summed E-state index contributed by atoms with van der Waals surface area (Å²) in [6, 6.07) is 8.78. The monoisotopic (exact) mass is 464 g/mol. The van der Waals surface area contributed by atoms with Crippen LogP contribution in [0.15, 0.2) is 24.3 Å². The maximum Gasteiger partial charge on any atom is 0.119 e. The van der Waals surface area contributed by atoms with Crippen molar-refractivity contribution in [3.05, 3.63) is 57.6 Å². The molecule has 0 spiro atoms. The fraction of sp³-hybridized carbons (Fsp3) is 0.625. The van der Waals surface area contributed by atoms with Gasteiger partial charge in [0.2, 0.25) is 0 Å². The number of phenolic OH excluding ortho intramolecular Hbond substituents is 2. The second-order valence-corrected chi connectivity index (χ2v) is 13.4. The summed E-state index contributed by atoms with van der Waals surface area (Å²) in [6.07, 6.45) is 5.88. The Labute approximate surface area is 208 Å². The molecule has 2 aromatic carbocycles. The van der Waals surface area contributed by atoms with Crippen LogP contribution in [0.1, 0.15) is 147 Å². The largest absolute Gasteiger partial charge is 0.508 e. The normalized spacial score (nSPS) is 16.9. The quantitative estimate of drug-likeness (QED) is 0.473. The van der Waals surface area contributed by atoms with E-state index in [2.05, 4.69) is 93.5 Å². The number of benzene rings is 2. The summed E-state index contributed by atoms with van der Waals surface area (Å²) in [5, 5.41) is 22.1. The maximum atomic E-state index is 11.1. The molecule has 0 atom stereocenters. The molecule has 0 heterocycles. The minimum absolute atomic E-state index is 0.112. The highest BCUT2D eigenvalue weighted by Crippen LogP contribution is 2.52. The van der Waals surface area contributed by atoms with Gasteiger partial charge in [-0.05, 0) is 81.0 Å². The third-order valence-electron chi connectivity index (χ3n) is 7.93. The van der Waals surface area contributed by atoms with Crippen molar-refractivity contribution >= 4 is 0 Å². The van der Waals surface area contributed by atoms with Crippen molar-refractivity contribution < 1.29 is 10.2 Å². The summed E-state index contributed by atoms with van der Waals surface area (Å²) in [7, 11) is 0. The molecule has 3 rings (SSSR count). The molecule has 0 bridgehead atoms. The number of phenols is 2. The van der Waals surface area contributed by atoms with E-state index in [4.69, 9.17) is 0 Å². The smallest absolute Gasteiger partial charge is 0.119 e. The van der Waals surface area contributed by atoms with Gasteiger partial charge in [0, 0.05) is 5.41 Å². The van der Waals surface area contributed by atoms with Crippen LogP contribution >= 0.6 is 0 Å². The molecule has 2 N–H and O–H groups in total. The minimum Gasteiger partial charge on any atom is -0.508 e. The van der Waals surface area contributed by atoms with E-state index in [1.165, 1.54) is 41.5 Å². The second-order valence-electron chi connectivity index (χ2n) is 13.4. The van der Waals surface area contributed by atoms with Gasteiger partial charge < -0.3 is 10.2 Å². The Hall–Kier alpha value is -1.96. The van der Waals surface area contributed by atoms with Crippen LogP contribution in [-0.4, -0.2) is 10.2 Å². The van der Waals surface area contributed by atoms with Gasteiger partial charge in [-0.15, -0.1) is 0 Å². The van der Waals surface area contributed by atoms with Crippen LogP contribution in [0.2, 0.25) is 0 Å². The number of rotatable bonds is 4. The molecule has 2 heteroatoms. The highest BCUT2D eigenvalue weighted by molar-refractivity contribution is 5.57. The highest BCUT2D eigenvalue weighted by atomic mass is 16.3. The van der Waals surface area contributed by atoms with Gasteiger partial charge in [-0.1, -0.05) is 101 Å². The fourth-order valence-electron chi connectivity index (χ4n) is 6.03. The lowest BCUT2D eigenvalue weighted by molar-refractivity contribution is 0.337. The molecule has 2 aromatic rings. The van der Waals surface area contributed by atoms with Gasteiger partial charge in [-0.2, -0.15) is 0 Å². The van der Waals surface area contributed by atoms with Crippen molar-refractivity contribution in [2.45, 2.75) is 129 Å². The zero-order valence-electron chi connectivity index (χ0n) is 23.4. The van der Waals surface area contributed by atoms with E-state index in [9.17, 15) is 10.2 Å². The Bertz CT molecular complexity index is 945. The molecule has 2 nitrogen and oxygen atoms in total. The first-order chi connectivity index (χ1) is 15.6. The van der Waals surface area contributed by atoms with E-state index < -0.39 is 0 Å². The van der Waals surface area contributed by atoms with Crippen molar-refractivity contribution in [3.8, 4) is 11.5 Å². The van der Waals surface area contributed by atoms with Gasteiger partial charge in [-0.25, -0.2) is 0 Å². The summed E-state index contributed by atoms with van der Waals surface area (Å²) in [5.41, 5.74) is 6.94. The van der Waals surface area contributed by atoms with Gasteiger partial charge in [0.25, 0.3) is 0 Å². The first-order valence-corrected chi connectivity index (χ1v) is 13.4. The molecule has 0 aromatic heterocycles. The third-order valence-corrected chi connectivity index (χ3v) is 7.93. The summed E-state index contributed by atoms with van der Waals surface area (Å²) >= 11 is 0.